The zero-order chi connectivity index (χ0) is 18.9. The van der Waals surface area contributed by atoms with Crippen LogP contribution in [0.15, 0.2) is 6.07 Å². The number of anilines is 1. The highest BCUT2D eigenvalue weighted by Crippen LogP contribution is 2.29. The molecule has 0 aromatic heterocycles. The molecule has 1 aliphatic rings. The number of nitrogens with one attached hydrogen (secondary N) is 1. The maximum Gasteiger partial charge on any atom is 0.407 e. The SMILES string of the molecule is CC(C)(C)OC(=O)N[C@H]1CCN(c2cc(F)c(C(=O)O)c(F)c2F)C1. The fraction of sp³-hybridized carbons (Fsp3) is 0.500. The van der Waals surface area contributed by atoms with Crippen molar-refractivity contribution >= 4 is 17.7 Å². The molecule has 0 spiro atoms. The standard InChI is InChI=1S/C16H19F3N2O4/c1-16(2,3)25-15(24)20-8-4-5-21(7-8)10-6-9(17)11(14(22)23)13(19)12(10)18/h6,8H,4-5,7H2,1-3H3,(H,20,24)(H,22,23)/t8-/m0/s1. The predicted octanol–water partition coefficient (Wildman–Crippen LogP) is 2.91. The third kappa shape index (κ3) is 4.34. The van der Waals surface area contributed by atoms with Gasteiger partial charge >= 0.3 is 12.1 Å². The number of aromatic carboxylic acids is 1. The van der Waals surface area contributed by atoms with Crippen LogP contribution in [0, 0.1) is 17.5 Å². The van der Waals surface area contributed by atoms with Crippen LogP contribution >= 0.6 is 0 Å². The Morgan fingerprint density at radius 2 is 1.92 bits per heavy atom. The molecular weight excluding hydrogens is 341 g/mol. The van der Waals surface area contributed by atoms with E-state index in [1.165, 1.54) is 4.90 Å². The first-order valence-corrected chi connectivity index (χ1v) is 7.65. The van der Waals surface area contributed by atoms with Crippen LogP contribution in [0.1, 0.15) is 37.6 Å². The lowest BCUT2D eigenvalue weighted by atomic mass is 10.1. The number of halogens is 3. The number of benzene rings is 1. The highest BCUT2D eigenvalue weighted by Gasteiger charge is 2.31. The fourth-order valence-electron chi connectivity index (χ4n) is 2.58. The third-order valence-electron chi connectivity index (χ3n) is 3.60. The Morgan fingerprint density at radius 1 is 1.28 bits per heavy atom. The molecule has 0 saturated carbocycles. The number of rotatable bonds is 3. The summed E-state index contributed by atoms with van der Waals surface area (Å²) in [6.45, 7) is 5.47. The van der Waals surface area contributed by atoms with E-state index in [9.17, 15) is 22.8 Å². The zero-order valence-corrected chi connectivity index (χ0v) is 14.0. The van der Waals surface area contributed by atoms with E-state index < -0.39 is 40.7 Å². The van der Waals surface area contributed by atoms with Crippen LogP contribution in [0.2, 0.25) is 0 Å². The Balaban J connectivity index is 2.12. The topological polar surface area (TPSA) is 78.9 Å². The van der Waals surface area contributed by atoms with Crippen molar-refractivity contribution in [3.8, 4) is 0 Å². The zero-order valence-electron chi connectivity index (χ0n) is 14.0. The van der Waals surface area contributed by atoms with E-state index in [1.807, 2.05) is 0 Å². The van der Waals surface area contributed by atoms with Gasteiger partial charge in [0.1, 0.15) is 17.0 Å². The van der Waals surface area contributed by atoms with Gasteiger partial charge in [-0.15, -0.1) is 0 Å². The first-order valence-electron chi connectivity index (χ1n) is 7.65. The highest BCUT2D eigenvalue weighted by atomic mass is 19.2. The van der Waals surface area contributed by atoms with Crippen LogP contribution in [-0.4, -0.2) is 41.9 Å². The van der Waals surface area contributed by atoms with Gasteiger partial charge in [-0.2, -0.15) is 0 Å². The summed E-state index contributed by atoms with van der Waals surface area (Å²) in [4.78, 5) is 23.9. The highest BCUT2D eigenvalue weighted by molar-refractivity contribution is 5.89. The van der Waals surface area contributed by atoms with E-state index in [0.29, 0.717) is 12.5 Å². The maximum absolute atomic E-state index is 14.1. The second-order valence-electron chi connectivity index (χ2n) is 6.76. The van der Waals surface area contributed by atoms with Crippen molar-refractivity contribution in [2.45, 2.75) is 38.8 Å². The van der Waals surface area contributed by atoms with Gasteiger partial charge in [-0.25, -0.2) is 22.8 Å². The summed E-state index contributed by atoms with van der Waals surface area (Å²) in [5.41, 5.74) is -2.38. The lowest BCUT2D eigenvalue weighted by molar-refractivity contribution is 0.0508. The van der Waals surface area contributed by atoms with Crippen LogP contribution in [0.3, 0.4) is 0 Å². The van der Waals surface area contributed by atoms with E-state index in [1.54, 1.807) is 20.8 Å². The summed E-state index contributed by atoms with van der Waals surface area (Å²) in [5.74, 6) is -6.42. The van der Waals surface area contributed by atoms with E-state index >= 15 is 0 Å². The number of carbonyl (C=O) groups excluding carboxylic acids is 1. The quantitative estimate of drug-likeness (QED) is 0.811. The van der Waals surface area contributed by atoms with Crippen molar-refractivity contribution in [3.63, 3.8) is 0 Å². The monoisotopic (exact) mass is 360 g/mol. The molecule has 1 aliphatic heterocycles. The summed E-state index contributed by atoms with van der Waals surface area (Å²) in [7, 11) is 0. The van der Waals surface area contributed by atoms with Crippen LogP contribution in [0.5, 0.6) is 0 Å². The van der Waals surface area contributed by atoms with Gasteiger partial charge in [0.05, 0.1) is 11.7 Å². The van der Waals surface area contributed by atoms with Crippen LogP contribution < -0.4 is 10.2 Å². The van der Waals surface area contributed by atoms with Crippen molar-refractivity contribution in [3.05, 3.63) is 29.1 Å². The lowest BCUT2D eigenvalue weighted by Gasteiger charge is -2.23. The molecule has 2 rings (SSSR count). The van der Waals surface area contributed by atoms with Crippen molar-refractivity contribution in [1.29, 1.82) is 0 Å². The molecule has 0 bridgehead atoms. The van der Waals surface area contributed by atoms with Gasteiger partial charge < -0.3 is 20.1 Å². The number of ether oxygens (including phenoxy) is 1. The molecule has 1 atom stereocenters. The molecule has 138 valence electrons. The fourth-order valence-corrected chi connectivity index (χ4v) is 2.58. The smallest absolute Gasteiger partial charge is 0.407 e. The van der Waals surface area contributed by atoms with E-state index in [0.717, 1.165) is 0 Å². The molecule has 0 radical (unpaired) electrons. The summed E-state index contributed by atoms with van der Waals surface area (Å²) < 4.78 is 46.8. The molecule has 2 N–H and O–H groups in total. The number of alkyl carbamates (subject to hydrolysis) is 1. The number of hydrogen-bond acceptors (Lipinski definition) is 4. The van der Waals surface area contributed by atoms with Gasteiger partial charge in [-0.05, 0) is 27.2 Å². The minimum atomic E-state index is -1.88. The van der Waals surface area contributed by atoms with Crippen molar-refractivity contribution in [2.75, 3.05) is 18.0 Å². The van der Waals surface area contributed by atoms with E-state index in [-0.39, 0.29) is 24.8 Å². The summed E-state index contributed by atoms with van der Waals surface area (Å²) >= 11 is 0. The third-order valence-corrected chi connectivity index (χ3v) is 3.60. The first kappa shape index (κ1) is 18.9. The number of nitrogens with zero attached hydrogens (tertiary/aromatic N) is 1. The van der Waals surface area contributed by atoms with Crippen LogP contribution in [0.4, 0.5) is 23.7 Å². The molecular formula is C16H19F3N2O4. The van der Waals surface area contributed by atoms with Crippen molar-refractivity contribution < 1.29 is 32.6 Å². The Morgan fingerprint density at radius 3 is 2.48 bits per heavy atom. The normalized spacial score (nSPS) is 17.5. The van der Waals surface area contributed by atoms with Crippen molar-refractivity contribution in [2.24, 2.45) is 0 Å². The molecule has 1 fully saturated rings. The second kappa shape index (κ2) is 6.81. The predicted molar refractivity (Wildman–Crippen MR) is 83.3 cm³/mol. The summed E-state index contributed by atoms with van der Waals surface area (Å²) in [6.07, 6.45) is -0.221. The molecule has 1 aromatic carbocycles. The summed E-state index contributed by atoms with van der Waals surface area (Å²) in [6, 6.07) is 0.261. The maximum atomic E-state index is 14.1. The van der Waals surface area contributed by atoms with Crippen LogP contribution in [0.25, 0.3) is 0 Å². The Kier molecular flexibility index (Phi) is 5.15. The van der Waals surface area contributed by atoms with Crippen LogP contribution in [-0.2, 0) is 4.74 Å². The minimum absolute atomic E-state index is 0.113. The van der Waals surface area contributed by atoms with Gasteiger partial charge in [0, 0.05) is 19.2 Å². The number of carboxylic acid groups (broad SMARTS) is 1. The molecule has 0 aliphatic carbocycles. The summed E-state index contributed by atoms with van der Waals surface area (Å²) in [5, 5.41) is 11.3. The number of amides is 1. The lowest BCUT2D eigenvalue weighted by Crippen LogP contribution is -2.40. The molecule has 6 nitrogen and oxygen atoms in total. The second-order valence-corrected chi connectivity index (χ2v) is 6.76. The number of carbonyl (C=O) groups is 2. The molecule has 0 unspecified atom stereocenters. The largest absolute Gasteiger partial charge is 0.477 e. The Bertz CT molecular complexity index is 704. The van der Waals surface area contributed by atoms with Gasteiger partial charge in [0.25, 0.3) is 0 Å². The first-order chi connectivity index (χ1) is 11.5. The Hall–Kier alpha value is -2.45. The Labute approximate surface area is 142 Å². The minimum Gasteiger partial charge on any atom is -0.477 e. The van der Waals surface area contributed by atoms with Crippen molar-refractivity contribution in [1.82, 2.24) is 5.32 Å². The molecule has 1 saturated heterocycles. The molecule has 25 heavy (non-hydrogen) atoms. The van der Waals surface area contributed by atoms with Gasteiger partial charge in [-0.1, -0.05) is 0 Å². The molecule has 1 amide bonds. The average Bonchev–Trinajstić information content (AvgIpc) is 2.88. The van der Waals surface area contributed by atoms with Gasteiger partial charge in [0.15, 0.2) is 11.6 Å². The number of carboxylic acids is 1. The molecule has 9 heteroatoms. The average molecular weight is 360 g/mol. The molecule has 1 aromatic rings. The van der Waals surface area contributed by atoms with Gasteiger partial charge in [0.2, 0.25) is 0 Å². The number of hydrogen-bond donors (Lipinski definition) is 2. The molecule has 1 heterocycles. The van der Waals surface area contributed by atoms with E-state index in [2.05, 4.69) is 5.32 Å². The van der Waals surface area contributed by atoms with Gasteiger partial charge in [-0.3, -0.25) is 0 Å². The van der Waals surface area contributed by atoms with E-state index in [4.69, 9.17) is 9.84 Å².